The Labute approximate surface area is 107 Å². The summed E-state index contributed by atoms with van der Waals surface area (Å²) in [6, 6.07) is 20.0. The van der Waals surface area contributed by atoms with Crippen LogP contribution in [0, 0.1) is 12.3 Å². The van der Waals surface area contributed by atoms with Crippen LogP contribution in [-0.4, -0.2) is 5.78 Å². The lowest BCUT2D eigenvalue weighted by Gasteiger charge is -2.16. The number of benzene rings is 2. The van der Waals surface area contributed by atoms with E-state index in [1.54, 1.807) is 0 Å². The predicted molar refractivity (Wildman–Crippen MR) is 73.2 cm³/mol. The van der Waals surface area contributed by atoms with Crippen molar-refractivity contribution in [2.24, 2.45) is 0 Å². The maximum absolute atomic E-state index is 11.5. The van der Waals surface area contributed by atoms with Gasteiger partial charge in [-0.1, -0.05) is 60.7 Å². The summed E-state index contributed by atoms with van der Waals surface area (Å²) < 4.78 is 0. The lowest BCUT2D eigenvalue weighted by Crippen LogP contribution is -2.07. The second-order valence-corrected chi connectivity index (χ2v) is 4.15. The molecule has 0 saturated heterocycles. The summed E-state index contributed by atoms with van der Waals surface area (Å²) in [4.78, 5) is 11.5. The molecular weight excluding hydrogens is 220 g/mol. The average Bonchev–Trinajstić information content (AvgIpc) is 2.46. The van der Waals surface area contributed by atoms with E-state index in [1.165, 1.54) is 0 Å². The third kappa shape index (κ3) is 2.87. The van der Waals surface area contributed by atoms with Crippen molar-refractivity contribution in [3.8, 4) is 12.3 Å². The molecule has 0 aromatic heterocycles. The van der Waals surface area contributed by atoms with E-state index >= 15 is 0 Å². The van der Waals surface area contributed by atoms with Gasteiger partial charge in [0.25, 0.3) is 0 Å². The van der Waals surface area contributed by atoms with Crippen LogP contribution in [0.4, 0.5) is 0 Å². The van der Waals surface area contributed by atoms with E-state index in [1.807, 2.05) is 60.7 Å². The molecule has 1 nitrogen and oxygen atoms in total. The number of hydrogen-bond acceptors (Lipinski definition) is 1. The van der Waals surface area contributed by atoms with Gasteiger partial charge >= 0.3 is 0 Å². The molecule has 0 heterocycles. The molecule has 0 atom stereocenters. The minimum atomic E-state index is -0.160. The van der Waals surface area contributed by atoms with Crippen molar-refractivity contribution in [2.75, 3.05) is 0 Å². The Morgan fingerprint density at radius 2 is 1.39 bits per heavy atom. The molecule has 2 rings (SSSR count). The van der Waals surface area contributed by atoms with Gasteiger partial charge in [0, 0.05) is 12.3 Å². The fraction of sp³-hybridized carbons (Fsp3) is 0.118. The van der Waals surface area contributed by atoms with Crippen LogP contribution in [-0.2, 0) is 4.79 Å². The lowest BCUT2D eigenvalue weighted by molar-refractivity contribution is -0.114. The molecule has 0 saturated carbocycles. The number of ketones is 1. The molecule has 0 fully saturated rings. The van der Waals surface area contributed by atoms with Gasteiger partial charge in [-0.3, -0.25) is 4.79 Å². The summed E-state index contributed by atoms with van der Waals surface area (Å²) in [5, 5.41) is 0. The molecule has 0 spiro atoms. The highest BCUT2D eigenvalue weighted by Crippen LogP contribution is 2.27. The molecule has 0 aliphatic rings. The van der Waals surface area contributed by atoms with Gasteiger partial charge in [0.2, 0.25) is 5.78 Å². The number of Topliss-reactive ketones (excluding diaryl/α,β-unsaturated/α-hetero) is 1. The van der Waals surface area contributed by atoms with E-state index < -0.39 is 0 Å². The van der Waals surface area contributed by atoms with Crippen molar-refractivity contribution < 1.29 is 4.79 Å². The first-order valence-corrected chi connectivity index (χ1v) is 5.90. The monoisotopic (exact) mass is 234 g/mol. The second-order valence-electron chi connectivity index (χ2n) is 4.15. The van der Waals surface area contributed by atoms with Gasteiger partial charge in [0.1, 0.15) is 0 Å². The third-order valence-corrected chi connectivity index (χ3v) is 2.95. The zero-order valence-electron chi connectivity index (χ0n) is 10.0. The molecule has 1 heteroatoms. The highest BCUT2D eigenvalue weighted by atomic mass is 16.1. The predicted octanol–water partition coefficient (Wildman–Crippen LogP) is 3.41. The zero-order chi connectivity index (χ0) is 12.8. The molecule has 2 aromatic rings. The molecule has 88 valence electrons. The van der Waals surface area contributed by atoms with Crippen LogP contribution in [0.2, 0.25) is 0 Å². The minimum Gasteiger partial charge on any atom is -0.285 e. The van der Waals surface area contributed by atoms with Gasteiger partial charge < -0.3 is 0 Å². The zero-order valence-corrected chi connectivity index (χ0v) is 10.0. The summed E-state index contributed by atoms with van der Waals surface area (Å²) in [5.41, 5.74) is 2.24. The van der Waals surface area contributed by atoms with E-state index in [-0.39, 0.29) is 11.7 Å². The van der Waals surface area contributed by atoms with E-state index in [0.29, 0.717) is 6.42 Å². The SMILES string of the molecule is C#CC(=O)CC(c1ccccc1)c1ccccc1. The first-order chi connectivity index (χ1) is 8.81. The second kappa shape index (κ2) is 5.84. The summed E-state index contributed by atoms with van der Waals surface area (Å²) in [6.07, 6.45) is 5.53. The molecule has 18 heavy (non-hydrogen) atoms. The number of hydrogen-bond donors (Lipinski definition) is 0. The Hall–Kier alpha value is -2.33. The molecule has 0 aliphatic carbocycles. The smallest absolute Gasteiger partial charge is 0.206 e. The summed E-state index contributed by atoms with van der Waals surface area (Å²) >= 11 is 0. The highest BCUT2D eigenvalue weighted by Gasteiger charge is 2.16. The van der Waals surface area contributed by atoms with Crippen molar-refractivity contribution in [3.05, 3.63) is 71.8 Å². The largest absolute Gasteiger partial charge is 0.285 e. The molecule has 0 amide bonds. The van der Waals surface area contributed by atoms with Crippen LogP contribution in [0.3, 0.4) is 0 Å². The first-order valence-electron chi connectivity index (χ1n) is 5.90. The molecule has 0 radical (unpaired) electrons. The quantitative estimate of drug-likeness (QED) is 0.585. The molecule has 0 bridgehead atoms. The highest BCUT2D eigenvalue weighted by molar-refractivity contribution is 5.95. The van der Waals surface area contributed by atoms with Crippen LogP contribution in [0.15, 0.2) is 60.7 Å². The van der Waals surface area contributed by atoms with Gasteiger partial charge in [-0.05, 0) is 17.0 Å². The number of carbonyl (C=O) groups is 1. The molecule has 0 aliphatic heterocycles. The Bertz CT molecular complexity index is 510. The molecule has 0 unspecified atom stereocenters. The van der Waals surface area contributed by atoms with Crippen molar-refractivity contribution in [2.45, 2.75) is 12.3 Å². The van der Waals surface area contributed by atoms with Crippen molar-refractivity contribution in [1.29, 1.82) is 0 Å². The van der Waals surface area contributed by atoms with Crippen LogP contribution in [0.5, 0.6) is 0 Å². The number of carbonyl (C=O) groups excluding carboxylic acids is 1. The molecule has 0 N–H and O–H groups in total. The Morgan fingerprint density at radius 3 is 1.78 bits per heavy atom. The number of terminal acetylenes is 1. The fourth-order valence-electron chi connectivity index (χ4n) is 2.04. The normalized spacial score (nSPS) is 10.0. The summed E-state index contributed by atoms with van der Waals surface area (Å²) in [6.45, 7) is 0. The van der Waals surface area contributed by atoms with Gasteiger partial charge in [0.15, 0.2) is 0 Å². The van der Waals surface area contributed by atoms with E-state index in [0.717, 1.165) is 11.1 Å². The van der Waals surface area contributed by atoms with Crippen molar-refractivity contribution in [3.63, 3.8) is 0 Å². The van der Waals surface area contributed by atoms with Crippen LogP contribution >= 0.6 is 0 Å². The Kier molecular flexibility index (Phi) is 3.94. The van der Waals surface area contributed by atoms with Crippen molar-refractivity contribution >= 4 is 5.78 Å². The Balaban J connectivity index is 2.36. The lowest BCUT2D eigenvalue weighted by atomic mass is 9.87. The fourth-order valence-corrected chi connectivity index (χ4v) is 2.04. The van der Waals surface area contributed by atoms with Gasteiger partial charge in [-0.25, -0.2) is 0 Å². The molecule has 2 aromatic carbocycles. The van der Waals surface area contributed by atoms with E-state index in [2.05, 4.69) is 5.92 Å². The van der Waals surface area contributed by atoms with Gasteiger partial charge in [-0.15, -0.1) is 6.42 Å². The van der Waals surface area contributed by atoms with E-state index in [4.69, 9.17) is 6.42 Å². The summed E-state index contributed by atoms with van der Waals surface area (Å²) in [7, 11) is 0. The maximum atomic E-state index is 11.5. The van der Waals surface area contributed by atoms with Gasteiger partial charge in [-0.2, -0.15) is 0 Å². The Morgan fingerprint density at radius 1 is 0.944 bits per heavy atom. The summed E-state index contributed by atoms with van der Waals surface area (Å²) in [5.74, 6) is 2.07. The first kappa shape index (κ1) is 12.1. The average molecular weight is 234 g/mol. The number of rotatable bonds is 4. The van der Waals surface area contributed by atoms with Crippen molar-refractivity contribution in [1.82, 2.24) is 0 Å². The van der Waals surface area contributed by atoms with E-state index in [9.17, 15) is 4.79 Å². The van der Waals surface area contributed by atoms with Crippen LogP contribution in [0.25, 0.3) is 0 Å². The third-order valence-electron chi connectivity index (χ3n) is 2.95. The van der Waals surface area contributed by atoms with Crippen LogP contribution < -0.4 is 0 Å². The standard InChI is InChI=1S/C17H14O/c1-2-16(18)13-17(14-9-5-3-6-10-14)15-11-7-4-8-12-15/h1,3-12,17H,13H2. The van der Waals surface area contributed by atoms with Gasteiger partial charge in [0.05, 0.1) is 0 Å². The minimum absolute atomic E-state index is 0.0379. The molecular formula is C17H14O. The van der Waals surface area contributed by atoms with Crippen LogP contribution in [0.1, 0.15) is 23.5 Å². The maximum Gasteiger partial charge on any atom is 0.206 e. The topological polar surface area (TPSA) is 17.1 Å².